The van der Waals surface area contributed by atoms with Crippen molar-refractivity contribution in [2.24, 2.45) is 0 Å². The normalized spacial score (nSPS) is 10.3. The number of hydrogen-bond acceptors (Lipinski definition) is 2. The molecule has 0 atom stereocenters. The van der Waals surface area contributed by atoms with Gasteiger partial charge in [0, 0.05) is 21.5 Å². The van der Waals surface area contributed by atoms with Crippen LogP contribution in [0.4, 0.5) is 5.69 Å². The number of thioether (sulfide) groups is 1. The van der Waals surface area contributed by atoms with Gasteiger partial charge < -0.3 is 5.32 Å². The van der Waals surface area contributed by atoms with Crippen LogP contribution in [0.15, 0.2) is 48.5 Å². The van der Waals surface area contributed by atoms with E-state index in [9.17, 15) is 4.79 Å². The van der Waals surface area contributed by atoms with Crippen molar-refractivity contribution in [3.63, 3.8) is 0 Å². The Morgan fingerprint density at radius 3 is 2.50 bits per heavy atom. The van der Waals surface area contributed by atoms with Gasteiger partial charge in [-0.15, -0.1) is 11.8 Å². The first-order chi connectivity index (χ1) is 9.63. The number of carbonyl (C=O) groups is 1. The van der Waals surface area contributed by atoms with Crippen molar-refractivity contribution in [3.05, 3.63) is 64.1 Å². The molecule has 2 aromatic rings. The summed E-state index contributed by atoms with van der Waals surface area (Å²) >= 11 is 13.2. The van der Waals surface area contributed by atoms with Crippen LogP contribution in [0.5, 0.6) is 0 Å². The third kappa shape index (κ3) is 5.08. The molecule has 0 saturated heterocycles. The minimum atomic E-state index is -0.0284. The van der Waals surface area contributed by atoms with E-state index in [0.717, 1.165) is 17.0 Å². The maximum absolute atomic E-state index is 11.8. The molecule has 0 radical (unpaired) electrons. The van der Waals surface area contributed by atoms with Crippen molar-refractivity contribution < 1.29 is 4.79 Å². The molecule has 0 fully saturated rings. The molecule has 0 heterocycles. The molecule has 0 aliphatic carbocycles. The van der Waals surface area contributed by atoms with Gasteiger partial charge in [0.05, 0.1) is 5.75 Å². The molecule has 0 bridgehead atoms. The molecule has 1 amide bonds. The van der Waals surface area contributed by atoms with Crippen LogP contribution < -0.4 is 5.32 Å². The van der Waals surface area contributed by atoms with Crippen molar-refractivity contribution in [2.45, 2.75) is 5.75 Å². The summed E-state index contributed by atoms with van der Waals surface area (Å²) in [6, 6.07) is 14.7. The van der Waals surface area contributed by atoms with Gasteiger partial charge in [-0.05, 0) is 42.0 Å². The average molecular weight is 326 g/mol. The van der Waals surface area contributed by atoms with E-state index in [2.05, 4.69) is 5.32 Å². The summed E-state index contributed by atoms with van der Waals surface area (Å²) in [6.07, 6.45) is 0. The highest BCUT2D eigenvalue weighted by molar-refractivity contribution is 7.99. The molecule has 0 aliphatic rings. The van der Waals surface area contributed by atoms with Crippen molar-refractivity contribution in [1.82, 2.24) is 0 Å². The highest BCUT2D eigenvalue weighted by Crippen LogP contribution is 2.17. The number of hydrogen-bond donors (Lipinski definition) is 1. The lowest BCUT2D eigenvalue weighted by molar-refractivity contribution is -0.113. The highest BCUT2D eigenvalue weighted by atomic mass is 35.5. The van der Waals surface area contributed by atoms with Gasteiger partial charge in [-0.25, -0.2) is 0 Å². The summed E-state index contributed by atoms with van der Waals surface area (Å²) in [7, 11) is 0. The molecular formula is C15H13Cl2NOS. The molecule has 5 heteroatoms. The van der Waals surface area contributed by atoms with Crippen molar-refractivity contribution in [1.29, 1.82) is 0 Å². The number of rotatable bonds is 5. The summed E-state index contributed by atoms with van der Waals surface area (Å²) in [5.41, 5.74) is 1.87. The lowest BCUT2D eigenvalue weighted by atomic mass is 10.2. The summed E-state index contributed by atoms with van der Waals surface area (Å²) in [4.78, 5) is 11.8. The largest absolute Gasteiger partial charge is 0.325 e. The third-order valence-electron chi connectivity index (χ3n) is 2.52. The topological polar surface area (TPSA) is 29.1 Å². The zero-order valence-electron chi connectivity index (χ0n) is 10.6. The zero-order chi connectivity index (χ0) is 14.4. The van der Waals surface area contributed by atoms with Crippen LogP contribution in [-0.2, 0) is 10.5 Å². The van der Waals surface area contributed by atoms with Crippen molar-refractivity contribution in [3.8, 4) is 0 Å². The van der Waals surface area contributed by atoms with Gasteiger partial charge in [0.15, 0.2) is 0 Å². The average Bonchev–Trinajstić information content (AvgIpc) is 2.41. The van der Waals surface area contributed by atoms with Crippen LogP contribution in [-0.4, -0.2) is 11.7 Å². The minimum Gasteiger partial charge on any atom is -0.325 e. The second-order valence-electron chi connectivity index (χ2n) is 4.18. The van der Waals surface area contributed by atoms with Gasteiger partial charge in [0.2, 0.25) is 5.91 Å². The maximum Gasteiger partial charge on any atom is 0.234 e. The summed E-state index contributed by atoms with van der Waals surface area (Å²) < 4.78 is 0. The molecule has 2 aromatic carbocycles. The predicted molar refractivity (Wildman–Crippen MR) is 87.7 cm³/mol. The smallest absolute Gasteiger partial charge is 0.234 e. The van der Waals surface area contributed by atoms with Gasteiger partial charge >= 0.3 is 0 Å². The van der Waals surface area contributed by atoms with E-state index >= 15 is 0 Å². The summed E-state index contributed by atoms with van der Waals surface area (Å²) in [5.74, 6) is 1.13. The van der Waals surface area contributed by atoms with E-state index < -0.39 is 0 Å². The number of anilines is 1. The van der Waals surface area contributed by atoms with E-state index in [4.69, 9.17) is 23.2 Å². The quantitative estimate of drug-likeness (QED) is 0.850. The minimum absolute atomic E-state index is 0.0284. The fourth-order valence-corrected chi connectivity index (χ4v) is 2.73. The lowest BCUT2D eigenvalue weighted by Crippen LogP contribution is -2.14. The van der Waals surface area contributed by atoms with Crippen LogP contribution in [0.1, 0.15) is 5.56 Å². The predicted octanol–water partition coefficient (Wildman–Crippen LogP) is 4.87. The molecule has 0 saturated carbocycles. The molecule has 104 valence electrons. The van der Waals surface area contributed by atoms with Gasteiger partial charge in [0.1, 0.15) is 0 Å². The Morgan fingerprint density at radius 1 is 1.05 bits per heavy atom. The van der Waals surface area contributed by atoms with Crippen LogP contribution in [0.3, 0.4) is 0 Å². The van der Waals surface area contributed by atoms with E-state index in [1.165, 1.54) is 0 Å². The second kappa shape index (κ2) is 7.58. The molecule has 2 rings (SSSR count). The van der Waals surface area contributed by atoms with E-state index in [1.54, 1.807) is 36.0 Å². The Morgan fingerprint density at radius 2 is 1.80 bits per heavy atom. The number of benzene rings is 2. The molecule has 2 nitrogen and oxygen atoms in total. The van der Waals surface area contributed by atoms with Gasteiger partial charge in [0.25, 0.3) is 0 Å². The van der Waals surface area contributed by atoms with E-state index in [-0.39, 0.29) is 5.91 Å². The van der Waals surface area contributed by atoms with Crippen LogP contribution in [0.25, 0.3) is 0 Å². The lowest BCUT2D eigenvalue weighted by Gasteiger charge is -2.05. The van der Waals surface area contributed by atoms with Gasteiger partial charge in [-0.3, -0.25) is 4.79 Å². The highest BCUT2D eigenvalue weighted by Gasteiger charge is 2.03. The number of halogens is 2. The van der Waals surface area contributed by atoms with Gasteiger partial charge in [-0.1, -0.05) is 35.3 Å². The van der Waals surface area contributed by atoms with Crippen LogP contribution >= 0.6 is 35.0 Å². The third-order valence-corrected chi connectivity index (χ3v) is 4.01. The second-order valence-corrected chi connectivity index (χ2v) is 6.04. The number of nitrogens with one attached hydrogen (secondary N) is 1. The SMILES string of the molecule is O=C(CSCc1cccc(Cl)c1)Nc1ccc(Cl)cc1. The Labute approximate surface area is 132 Å². The monoisotopic (exact) mass is 325 g/mol. The molecular weight excluding hydrogens is 313 g/mol. The molecule has 20 heavy (non-hydrogen) atoms. The molecule has 0 aliphatic heterocycles. The molecule has 0 spiro atoms. The molecule has 0 unspecified atom stereocenters. The first-order valence-electron chi connectivity index (χ1n) is 6.01. The number of amides is 1. The van der Waals surface area contributed by atoms with Crippen LogP contribution in [0, 0.1) is 0 Å². The van der Waals surface area contributed by atoms with Crippen molar-refractivity contribution in [2.75, 3.05) is 11.1 Å². The van der Waals surface area contributed by atoms with E-state index in [1.807, 2.05) is 24.3 Å². The van der Waals surface area contributed by atoms with E-state index in [0.29, 0.717) is 15.8 Å². The first-order valence-corrected chi connectivity index (χ1v) is 7.92. The summed E-state index contributed by atoms with van der Waals surface area (Å²) in [6.45, 7) is 0. The Balaban J connectivity index is 1.76. The zero-order valence-corrected chi connectivity index (χ0v) is 12.9. The fraction of sp³-hybridized carbons (Fsp3) is 0.133. The number of carbonyl (C=O) groups excluding carboxylic acids is 1. The fourth-order valence-electron chi connectivity index (χ4n) is 1.62. The first kappa shape index (κ1) is 15.2. The molecule has 0 aromatic heterocycles. The Hall–Kier alpha value is -1.16. The molecule has 1 N–H and O–H groups in total. The van der Waals surface area contributed by atoms with Gasteiger partial charge in [-0.2, -0.15) is 0 Å². The van der Waals surface area contributed by atoms with Crippen LogP contribution in [0.2, 0.25) is 10.0 Å². The Bertz CT molecular complexity index is 587. The summed E-state index contributed by atoms with van der Waals surface area (Å²) in [5, 5.41) is 4.19. The Kier molecular flexibility index (Phi) is 5.77. The maximum atomic E-state index is 11.8. The van der Waals surface area contributed by atoms with Crippen molar-refractivity contribution >= 4 is 46.6 Å². The standard InChI is InChI=1S/C15H13Cl2NOS/c16-12-4-6-14(7-5-12)18-15(19)10-20-9-11-2-1-3-13(17)8-11/h1-8H,9-10H2,(H,18,19).